The highest BCUT2D eigenvalue weighted by Gasteiger charge is 2.51. The van der Waals surface area contributed by atoms with Gasteiger partial charge < -0.3 is 24.4 Å². The summed E-state index contributed by atoms with van der Waals surface area (Å²) in [6.07, 6.45) is 8.45. The number of rotatable bonds is 15. The van der Waals surface area contributed by atoms with Gasteiger partial charge in [0, 0.05) is 54.6 Å². The third-order valence-electron chi connectivity index (χ3n) is 12.2. The Labute approximate surface area is 343 Å². The van der Waals surface area contributed by atoms with Crippen molar-refractivity contribution in [2.24, 2.45) is 17.3 Å². The van der Waals surface area contributed by atoms with Crippen molar-refractivity contribution in [2.45, 2.75) is 121 Å². The van der Waals surface area contributed by atoms with Gasteiger partial charge in [-0.25, -0.2) is 13.4 Å². The van der Waals surface area contributed by atoms with Crippen LogP contribution < -0.4 is 14.8 Å². The summed E-state index contributed by atoms with van der Waals surface area (Å²) in [5, 5.41) is 2.18. The molecule has 3 aliphatic heterocycles. The molecule has 13 nitrogen and oxygen atoms in total. The molecule has 0 radical (unpaired) electrons. The van der Waals surface area contributed by atoms with Crippen LogP contribution in [-0.2, 0) is 40.3 Å². The molecule has 2 aliphatic carbocycles. The maximum absolute atomic E-state index is 15.0. The highest BCUT2D eigenvalue weighted by Crippen LogP contribution is 2.42. The van der Waals surface area contributed by atoms with Gasteiger partial charge in [-0.2, -0.15) is 0 Å². The normalized spacial score (nSPS) is 25.8. The van der Waals surface area contributed by atoms with E-state index in [1.54, 1.807) is 12.0 Å². The zero-order valence-electron chi connectivity index (χ0n) is 34.4. The Kier molecular flexibility index (Phi) is 12.4. The van der Waals surface area contributed by atoms with Crippen molar-refractivity contribution in [3.8, 4) is 17.0 Å². The molecule has 7 rings (SSSR count). The molecule has 1 aromatic carbocycles. The zero-order chi connectivity index (χ0) is 41.4. The largest absolute Gasteiger partial charge is 0.501 e. The number of methoxy groups -OCH3 is 1. The van der Waals surface area contributed by atoms with Gasteiger partial charge in [0.05, 0.1) is 30.3 Å². The topological polar surface area (TPSA) is 160 Å². The quantitative estimate of drug-likeness (QED) is 0.181. The van der Waals surface area contributed by atoms with Gasteiger partial charge in [0.15, 0.2) is 0 Å². The number of pyridine rings is 1. The molecule has 3 saturated heterocycles. The van der Waals surface area contributed by atoms with Gasteiger partial charge in [-0.15, -0.1) is 6.58 Å². The van der Waals surface area contributed by atoms with Crippen molar-refractivity contribution in [1.29, 1.82) is 0 Å². The SMILES string of the molecule is C=CC[C@@H](NC(=O)[C@@H]1CC(Oc2cc(-c3ccccc3)nc3c2CC(C)C(OC)=C3)CN1C(=O)[C@H](CC1OC1N1CCCCC1)C(C)(C)C)C(=O)NS(=O)(=O)C1CC1. The molecule has 5 aliphatic rings. The lowest BCUT2D eigenvalue weighted by Crippen LogP contribution is -2.55. The number of fused-ring (bicyclic) bond motifs is 1. The van der Waals surface area contributed by atoms with Crippen molar-refractivity contribution < 1.29 is 37.0 Å². The number of carbonyl (C=O) groups excluding carboxylic acids is 3. The minimum absolute atomic E-state index is 0.000454. The number of likely N-dealkylation sites (tertiary alicyclic amines) is 2. The highest BCUT2D eigenvalue weighted by molar-refractivity contribution is 7.90. The number of epoxide rings is 1. The predicted octanol–water partition coefficient (Wildman–Crippen LogP) is 5.21. The van der Waals surface area contributed by atoms with Crippen molar-refractivity contribution in [3.63, 3.8) is 0 Å². The number of sulfonamides is 1. The Morgan fingerprint density at radius 3 is 2.48 bits per heavy atom. The predicted molar refractivity (Wildman–Crippen MR) is 221 cm³/mol. The van der Waals surface area contributed by atoms with E-state index in [1.807, 2.05) is 63.2 Å². The number of aromatic nitrogens is 1. The van der Waals surface area contributed by atoms with Gasteiger partial charge in [0.1, 0.15) is 42.0 Å². The molecule has 0 spiro atoms. The van der Waals surface area contributed by atoms with Crippen LogP contribution in [0, 0.1) is 17.3 Å². The number of nitrogens with zero attached hydrogens (tertiary/aromatic N) is 3. The molecule has 4 heterocycles. The van der Waals surface area contributed by atoms with Gasteiger partial charge in [0.2, 0.25) is 21.8 Å². The van der Waals surface area contributed by atoms with E-state index in [1.165, 1.54) is 12.5 Å². The first-order valence-corrected chi connectivity index (χ1v) is 22.4. The van der Waals surface area contributed by atoms with Gasteiger partial charge in [-0.1, -0.05) is 70.5 Å². The van der Waals surface area contributed by atoms with Crippen LogP contribution in [0.25, 0.3) is 17.3 Å². The lowest BCUT2D eigenvalue weighted by Gasteiger charge is -2.35. The summed E-state index contributed by atoms with van der Waals surface area (Å²) < 4.78 is 46.3. The van der Waals surface area contributed by atoms with E-state index in [-0.39, 0.29) is 43.5 Å². The van der Waals surface area contributed by atoms with E-state index in [0.717, 1.165) is 54.2 Å². The van der Waals surface area contributed by atoms with Crippen molar-refractivity contribution in [3.05, 3.63) is 66.1 Å². The van der Waals surface area contributed by atoms with E-state index in [4.69, 9.17) is 19.2 Å². The molecule has 1 saturated carbocycles. The Bertz CT molecular complexity index is 2010. The molecule has 314 valence electrons. The fourth-order valence-electron chi connectivity index (χ4n) is 8.65. The summed E-state index contributed by atoms with van der Waals surface area (Å²) in [4.78, 5) is 51.7. The van der Waals surface area contributed by atoms with E-state index in [2.05, 4.69) is 28.4 Å². The van der Waals surface area contributed by atoms with E-state index >= 15 is 0 Å². The van der Waals surface area contributed by atoms with Crippen LogP contribution in [0.2, 0.25) is 0 Å². The zero-order valence-corrected chi connectivity index (χ0v) is 35.3. The number of benzene rings is 1. The number of carbonyl (C=O) groups is 3. The smallest absolute Gasteiger partial charge is 0.256 e. The lowest BCUT2D eigenvalue weighted by atomic mass is 9.77. The second-order valence-electron chi connectivity index (χ2n) is 17.7. The fraction of sp³-hybridized carbons (Fsp3) is 0.591. The molecule has 58 heavy (non-hydrogen) atoms. The molecular formula is C44H59N5O8S. The van der Waals surface area contributed by atoms with Gasteiger partial charge in [-0.3, -0.25) is 24.0 Å². The maximum Gasteiger partial charge on any atom is 0.256 e. The van der Waals surface area contributed by atoms with Crippen LogP contribution in [0.3, 0.4) is 0 Å². The third-order valence-corrected chi connectivity index (χ3v) is 14.0. The Hall–Kier alpha value is -4.27. The summed E-state index contributed by atoms with van der Waals surface area (Å²) in [5.74, 6) is -0.533. The van der Waals surface area contributed by atoms with Crippen LogP contribution in [0.4, 0.5) is 0 Å². The lowest BCUT2D eigenvalue weighted by molar-refractivity contribution is -0.145. The number of hydrogen-bond donors (Lipinski definition) is 2. The number of amides is 3. The van der Waals surface area contributed by atoms with Gasteiger partial charge in [-0.05, 0) is 50.4 Å². The standard InChI is InChI=1S/C44H59N5O8S/c1-7-14-33(40(50)47-58(53,54)30-17-18-30)46-41(51)36-22-29(26-49(36)42(52)32(44(3,4)5)23-39-43(57-39)48-19-12-9-13-20-48)56-38-24-34(28-15-10-8-11-16-28)45-35-25-37(55-6)27(2)21-31(35)38/h7-8,10-11,15-16,24-25,27,29-30,32-33,36,39,43H,1,9,12-14,17-23,26H2,2-6H3,(H,46,51)(H,47,50)/t27?,29?,32-,33+,36-,39?,43?/m0/s1. The molecular weight excluding hydrogens is 759 g/mol. The summed E-state index contributed by atoms with van der Waals surface area (Å²) in [6, 6.07) is 9.55. The average Bonchev–Trinajstić information content (AvgIpc) is 4.14. The van der Waals surface area contributed by atoms with Crippen molar-refractivity contribution in [2.75, 3.05) is 26.7 Å². The van der Waals surface area contributed by atoms with E-state index in [0.29, 0.717) is 31.4 Å². The minimum Gasteiger partial charge on any atom is -0.501 e. The van der Waals surface area contributed by atoms with Crippen LogP contribution in [0.15, 0.2) is 54.8 Å². The number of ether oxygens (including phenoxy) is 3. The monoisotopic (exact) mass is 817 g/mol. The first kappa shape index (κ1) is 41.9. The van der Waals surface area contributed by atoms with Crippen LogP contribution in [0.1, 0.15) is 90.3 Å². The van der Waals surface area contributed by atoms with Crippen molar-refractivity contribution in [1.82, 2.24) is 24.8 Å². The Morgan fingerprint density at radius 1 is 1.10 bits per heavy atom. The van der Waals surface area contributed by atoms with E-state index < -0.39 is 56.6 Å². The molecule has 4 unspecified atom stereocenters. The van der Waals surface area contributed by atoms with Crippen molar-refractivity contribution >= 4 is 33.8 Å². The number of piperidine rings is 1. The third kappa shape index (κ3) is 9.44. The number of allylic oxidation sites excluding steroid dienone is 1. The average molecular weight is 818 g/mol. The summed E-state index contributed by atoms with van der Waals surface area (Å²) in [6.45, 7) is 14.0. The van der Waals surface area contributed by atoms with Crippen LogP contribution in [-0.4, -0.2) is 103 Å². The molecule has 2 aromatic rings. The number of nitrogens with one attached hydrogen (secondary N) is 2. The van der Waals surface area contributed by atoms with Crippen LogP contribution >= 0.6 is 0 Å². The second kappa shape index (κ2) is 17.1. The molecule has 7 atom stereocenters. The van der Waals surface area contributed by atoms with Crippen LogP contribution in [0.5, 0.6) is 5.75 Å². The number of hydrogen-bond acceptors (Lipinski definition) is 10. The highest BCUT2D eigenvalue weighted by atomic mass is 32.2. The van der Waals surface area contributed by atoms with Gasteiger partial charge in [0.25, 0.3) is 5.91 Å². The summed E-state index contributed by atoms with van der Waals surface area (Å²) in [5.41, 5.74) is 2.83. The fourth-order valence-corrected chi connectivity index (χ4v) is 9.99. The van der Waals surface area contributed by atoms with Gasteiger partial charge >= 0.3 is 0 Å². The Balaban J connectivity index is 1.18. The minimum atomic E-state index is -3.86. The molecule has 1 aromatic heterocycles. The molecule has 0 bridgehead atoms. The van der Waals surface area contributed by atoms with E-state index in [9.17, 15) is 22.8 Å². The first-order valence-electron chi connectivity index (χ1n) is 20.8. The summed E-state index contributed by atoms with van der Waals surface area (Å²) in [7, 11) is -2.20. The molecule has 2 N–H and O–H groups in total. The molecule has 14 heteroatoms. The summed E-state index contributed by atoms with van der Waals surface area (Å²) >= 11 is 0. The molecule has 4 fully saturated rings. The Morgan fingerprint density at radius 2 is 1.83 bits per heavy atom. The second-order valence-corrected chi connectivity index (χ2v) is 19.6. The molecule has 3 amide bonds. The first-order chi connectivity index (χ1) is 27.7. The maximum atomic E-state index is 15.0.